The maximum atomic E-state index is 12.6. The van der Waals surface area contributed by atoms with Crippen LogP contribution in [0.25, 0.3) is 0 Å². The molecule has 17 heavy (non-hydrogen) atoms. The van der Waals surface area contributed by atoms with Gasteiger partial charge >= 0.3 is 18.0 Å². The van der Waals surface area contributed by atoms with Crippen molar-refractivity contribution in [3.05, 3.63) is 24.0 Å². The van der Waals surface area contributed by atoms with Crippen LogP contribution in [0.5, 0.6) is 0 Å². The summed E-state index contributed by atoms with van der Waals surface area (Å²) in [5, 5.41) is 1.48. The summed E-state index contributed by atoms with van der Waals surface area (Å²) >= 11 is 0. The van der Waals surface area contributed by atoms with E-state index in [1.807, 2.05) is 0 Å². The Labute approximate surface area is 92.6 Å². The second-order valence-electron chi connectivity index (χ2n) is 3.21. The van der Waals surface area contributed by atoms with Gasteiger partial charge in [-0.1, -0.05) is 0 Å². The number of hydrogen-bond acceptors (Lipinski definition) is 2. The lowest BCUT2D eigenvalue weighted by molar-refractivity contribution is -0.267. The third-order valence-electron chi connectivity index (χ3n) is 1.80. The Morgan fingerprint density at radius 2 is 1.88 bits per heavy atom. The molecular weight excluding hydrogens is 247 g/mol. The molecular formula is C9H7F5N2O. The van der Waals surface area contributed by atoms with Crippen molar-refractivity contribution in [3.8, 4) is 0 Å². The highest BCUT2D eigenvalue weighted by Gasteiger charge is 2.63. The average Bonchev–Trinajstić information content (AvgIpc) is 2.15. The van der Waals surface area contributed by atoms with Crippen LogP contribution in [0.3, 0.4) is 0 Å². The van der Waals surface area contributed by atoms with Crippen LogP contribution in [-0.4, -0.2) is 23.0 Å². The van der Waals surface area contributed by atoms with Crippen molar-refractivity contribution in [3.63, 3.8) is 0 Å². The summed E-state index contributed by atoms with van der Waals surface area (Å²) in [4.78, 5) is 14.5. The van der Waals surface area contributed by atoms with Crippen LogP contribution in [-0.2, 0) is 4.79 Å². The molecule has 0 aromatic carbocycles. The standard InChI is InChI=1S/C9H7F5N2O/c1-5-4-6(2-3-15-5)16-7(17)8(10,11)9(12,13)14/h2-4H,1H3,(H,15,16,17). The Bertz CT molecular complexity index is 430. The molecule has 0 aliphatic rings. The van der Waals surface area contributed by atoms with E-state index in [4.69, 9.17) is 0 Å². The molecule has 0 aliphatic heterocycles. The summed E-state index contributed by atoms with van der Waals surface area (Å²) in [7, 11) is 0. The van der Waals surface area contributed by atoms with Crippen molar-refractivity contribution < 1.29 is 26.7 Å². The Balaban J connectivity index is 2.87. The Morgan fingerprint density at radius 3 is 2.35 bits per heavy atom. The number of aryl methyl sites for hydroxylation is 1. The Hall–Kier alpha value is -1.73. The second-order valence-corrected chi connectivity index (χ2v) is 3.21. The lowest BCUT2D eigenvalue weighted by Gasteiger charge is -2.18. The van der Waals surface area contributed by atoms with Gasteiger partial charge in [-0.25, -0.2) is 0 Å². The number of aromatic nitrogens is 1. The van der Waals surface area contributed by atoms with Crippen LogP contribution in [0.15, 0.2) is 18.3 Å². The second kappa shape index (κ2) is 4.27. The van der Waals surface area contributed by atoms with Gasteiger partial charge in [0.2, 0.25) is 0 Å². The van der Waals surface area contributed by atoms with Crippen molar-refractivity contribution in [2.75, 3.05) is 5.32 Å². The van der Waals surface area contributed by atoms with Gasteiger partial charge in [0.15, 0.2) is 0 Å². The number of anilines is 1. The van der Waals surface area contributed by atoms with E-state index in [9.17, 15) is 26.7 Å². The van der Waals surface area contributed by atoms with Crippen LogP contribution in [0.1, 0.15) is 5.69 Å². The van der Waals surface area contributed by atoms with E-state index in [0.29, 0.717) is 5.69 Å². The molecule has 0 aliphatic carbocycles. The Morgan fingerprint density at radius 1 is 1.29 bits per heavy atom. The molecule has 0 atom stereocenters. The van der Waals surface area contributed by atoms with Crippen LogP contribution in [0, 0.1) is 6.92 Å². The number of carbonyl (C=O) groups is 1. The molecule has 0 unspecified atom stereocenters. The van der Waals surface area contributed by atoms with Gasteiger partial charge in [-0.3, -0.25) is 9.78 Å². The van der Waals surface area contributed by atoms with Crippen molar-refractivity contribution in [2.45, 2.75) is 19.0 Å². The molecule has 8 heteroatoms. The van der Waals surface area contributed by atoms with Crippen LogP contribution in [0.2, 0.25) is 0 Å². The van der Waals surface area contributed by atoms with E-state index in [2.05, 4.69) is 4.98 Å². The average molecular weight is 254 g/mol. The maximum Gasteiger partial charge on any atom is 0.463 e. The van der Waals surface area contributed by atoms with Gasteiger partial charge in [0.25, 0.3) is 0 Å². The summed E-state index contributed by atoms with van der Waals surface area (Å²) in [5.41, 5.74) is 0.199. The smallest absolute Gasteiger partial charge is 0.320 e. The summed E-state index contributed by atoms with van der Waals surface area (Å²) in [6.45, 7) is 1.50. The monoisotopic (exact) mass is 254 g/mol. The molecule has 94 valence electrons. The van der Waals surface area contributed by atoms with Gasteiger partial charge in [-0.15, -0.1) is 0 Å². The zero-order valence-corrected chi connectivity index (χ0v) is 8.48. The highest BCUT2D eigenvalue weighted by atomic mass is 19.4. The number of nitrogens with zero attached hydrogens (tertiary/aromatic N) is 1. The number of amides is 1. The number of halogens is 5. The first-order chi connectivity index (χ1) is 7.64. The molecule has 1 aromatic rings. The molecule has 1 amide bonds. The SMILES string of the molecule is Cc1cc(NC(=O)C(F)(F)C(F)(F)F)ccn1. The van der Waals surface area contributed by atoms with E-state index >= 15 is 0 Å². The third kappa shape index (κ3) is 2.89. The fraction of sp³-hybridized carbons (Fsp3) is 0.333. The molecule has 0 spiro atoms. The quantitative estimate of drug-likeness (QED) is 0.824. The minimum absolute atomic E-state index is 0.175. The van der Waals surface area contributed by atoms with Crippen molar-refractivity contribution in [1.82, 2.24) is 4.98 Å². The number of carbonyl (C=O) groups excluding carboxylic acids is 1. The third-order valence-corrected chi connectivity index (χ3v) is 1.80. The van der Waals surface area contributed by atoms with Crippen molar-refractivity contribution >= 4 is 11.6 Å². The fourth-order valence-corrected chi connectivity index (χ4v) is 0.962. The lowest BCUT2D eigenvalue weighted by atomic mass is 10.2. The van der Waals surface area contributed by atoms with Gasteiger partial charge in [0.05, 0.1) is 0 Å². The first-order valence-corrected chi connectivity index (χ1v) is 4.33. The molecule has 0 radical (unpaired) electrons. The Kier molecular flexibility index (Phi) is 3.35. The van der Waals surface area contributed by atoms with E-state index in [1.54, 1.807) is 0 Å². The van der Waals surface area contributed by atoms with E-state index < -0.39 is 18.0 Å². The molecule has 1 aromatic heterocycles. The van der Waals surface area contributed by atoms with Crippen LogP contribution in [0.4, 0.5) is 27.6 Å². The largest absolute Gasteiger partial charge is 0.463 e. The first-order valence-electron chi connectivity index (χ1n) is 4.33. The number of alkyl halides is 5. The van der Waals surface area contributed by atoms with Gasteiger partial charge in [-0.05, 0) is 19.1 Å². The molecule has 0 saturated heterocycles. The van der Waals surface area contributed by atoms with E-state index in [0.717, 1.165) is 6.07 Å². The highest BCUT2D eigenvalue weighted by molar-refractivity contribution is 5.96. The lowest BCUT2D eigenvalue weighted by Crippen LogP contribution is -2.47. The predicted octanol–water partition coefficient (Wildman–Crippen LogP) is 2.53. The number of nitrogens with one attached hydrogen (secondary N) is 1. The van der Waals surface area contributed by atoms with Gasteiger partial charge in [0.1, 0.15) is 0 Å². The topological polar surface area (TPSA) is 42.0 Å². The van der Waals surface area contributed by atoms with Gasteiger partial charge in [0, 0.05) is 17.6 Å². The summed E-state index contributed by atoms with van der Waals surface area (Å²) in [6.07, 6.45) is -4.74. The molecule has 1 rings (SSSR count). The predicted molar refractivity (Wildman–Crippen MR) is 48.6 cm³/mol. The van der Waals surface area contributed by atoms with E-state index in [1.165, 1.54) is 24.5 Å². The van der Waals surface area contributed by atoms with Gasteiger partial charge < -0.3 is 5.32 Å². The summed E-state index contributed by atoms with van der Waals surface area (Å²) in [5.74, 6) is -7.85. The number of pyridine rings is 1. The molecule has 0 bridgehead atoms. The molecule has 3 nitrogen and oxygen atoms in total. The zero-order valence-electron chi connectivity index (χ0n) is 8.48. The van der Waals surface area contributed by atoms with E-state index in [-0.39, 0.29) is 5.69 Å². The molecule has 0 saturated carbocycles. The zero-order chi connectivity index (χ0) is 13.3. The van der Waals surface area contributed by atoms with Crippen molar-refractivity contribution in [1.29, 1.82) is 0 Å². The molecule has 0 fully saturated rings. The fourth-order valence-electron chi connectivity index (χ4n) is 0.962. The number of rotatable bonds is 2. The molecule has 1 heterocycles. The minimum atomic E-state index is -5.92. The van der Waals surface area contributed by atoms with Gasteiger partial charge in [-0.2, -0.15) is 22.0 Å². The highest BCUT2D eigenvalue weighted by Crippen LogP contribution is 2.36. The summed E-state index contributed by atoms with van der Waals surface area (Å²) < 4.78 is 60.6. The van der Waals surface area contributed by atoms with Crippen LogP contribution < -0.4 is 5.32 Å². The first kappa shape index (κ1) is 13.3. The maximum absolute atomic E-state index is 12.6. The molecule has 1 N–H and O–H groups in total. The number of hydrogen-bond donors (Lipinski definition) is 1. The normalized spacial score (nSPS) is 12.4. The van der Waals surface area contributed by atoms with Crippen molar-refractivity contribution in [2.24, 2.45) is 0 Å². The van der Waals surface area contributed by atoms with Crippen LogP contribution >= 0.6 is 0 Å². The minimum Gasteiger partial charge on any atom is -0.320 e. The summed E-state index contributed by atoms with van der Waals surface area (Å²) in [6, 6.07) is 2.28.